The van der Waals surface area contributed by atoms with Gasteiger partial charge >= 0.3 is 49.0 Å². The lowest BCUT2D eigenvalue weighted by atomic mass is 9.96. The molecule has 0 aliphatic carbocycles. The summed E-state index contributed by atoms with van der Waals surface area (Å²) in [5.74, 6) is -1.67. The molecule has 0 aliphatic rings. The maximum atomic E-state index is 12.9. The fraction of sp³-hybridized carbons (Fsp3) is 0.385. The molecule has 0 saturated carbocycles. The Labute approximate surface area is 539 Å². The molecule has 0 bridgehead atoms. The normalized spacial score (nSPS) is 12.0. The smallest absolute Gasteiger partial charge is 0.416 e. The van der Waals surface area contributed by atoms with Gasteiger partial charge in [-0.2, -0.15) is 79.0 Å². The molecule has 0 aliphatic heterocycles. The topological polar surface area (TPSA) is 142 Å². The number of ether oxygens (including phenoxy) is 1. The summed E-state index contributed by atoms with van der Waals surface area (Å²) in [6.45, 7) is 24.9. The van der Waals surface area contributed by atoms with E-state index in [4.69, 9.17) is 27.0 Å². The lowest BCUT2D eigenvalue weighted by Gasteiger charge is -2.20. The van der Waals surface area contributed by atoms with Crippen LogP contribution in [0.5, 0.6) is 0 Å². The number of rotatable bonds is 9. The quantitative estimate of drug-likeness (QED) is 0.0642. The van der Waals surface area contributed by atoms with Gasteiger partial charge in [-0.05, 0) is 187 Å². The fourth-order valence-corrected chi connectivity index (χ4v) is 8.50. The molecule has 6 aromatic carbocycles. The zero-order chi connectivity index (χ0) is 71.8. The molecular formula is C65H71Br2F18N3O4. The molecule has 0 aromatic heterocycles. The maximum absolute atomic E-state index is 12.9. The van der Waals surface area contributed by atoms with Crippen LogP contribution in [0.3, 0.4) is 0 Å². The Morgan fingerprint density at radius 3 is 1.00 bits per heavy atom. The van der Waals surface area contributed by atoms with E-state index in [0.717, 1.165) is 66.7 Å². The zero-order valence-electron chi connectivity index (χ0n) is 51.8. The van der Waals surface area contributed by atoms with Crippen LogP contribution in [-0.4, -0.2) is 22.6 Å². The van der Waals surface area contributed by atoms with Gasteiger partial charge in [0.25, 0.3) is 0 Å². The first-order valence-electron chi connectivity index (χ1n) is 27.4. The Kier molecular flexibility index (Phi) is 30.5. The zero-order valence-corrected chi connectivity index (χ0v) is 55.0. The van der Waals surface area contributed by atoms with Crippen molar-refractivity contribution in [3.63, 3.8) is 0 Å². The predicted molar refractivity (Wildman–Crippen MR) is 329 cm³/mol. The van der Waals surface area contributed by atoms with Crippen molar-refractivity contribution in [2.24, 2.45) is 0 Å². The van der Waals surface area contributed by atoms with E-state index in [9.17, 15) is 88.6 Å². The number of carbonyl (C=O) groups is 2. The Bertz CT molecular complexity index is 3330. The molecule has 7 N–H and O–H groups in total. The summed E-state index contributed by atoms with van der Waals surface area (Å²) in [5, 5.41) is 8.61. The minimum atomic E-state index is -4.45. The molecule has 6 rings (SSSR count). The van der Waals surface area contributed by atoms with Crippen LogP contribution in [0, 0.1) is 0 Å². The summed E-state index contributed by atoms with van der Waals surface area (Å²) >= 11 is 6.00. The van der Waals surface area contributed by atoms with Crippen molar-refractivity contribution >= 4 is 66.4 Å². The van der Waals surface area contributed by atoms with Gasteiger partial charge in [-0.1, -0.05) is 112 Å². The largest absolute Gasteiger partial charge is 0.481 e. The van der Waals surface area contributed by atoms with E-state index < -0.39 is 94.4 Å². The third-order valence-electron chi connectivity index (χ3n) is 12.1. The monoisotopic (exact) mass is 1460 g/mol. The van der Waals surface area contributed by atoms with Gasteiger partial charge < -0.3 is 27.0 Å². The fourth-order valence-electron chi connectivity index (χ4n) is 7.47. The lowest BCUT2D eigenvalue weighted by molar-refractivity contribution is -0.154. The first-order chi connectivity index (χ1) is 41.4. The Balaban J connectivity index is 0.000000557. The summed E-state index contributed by atoms with van der Waals surface area (Å²) < 4.78 is 230. The molecule has 0 radical (unpaired) electrons. The second-order valence-electron chi connectivity index (χ2n) is 22.9. The lowest BCUT2D eigenvalue weighted by Crippen LogP contribution is -2.25. The number of alkyl halides is 18. The highest BCUT2D eigenvalue weighted by atomic mass is 79.9. The van der Waals surface area contributed by atoms with Gasteiger partial charge in [0.2, 0.25) is 0 Å². The van der Waals surface area contributed by atoms with Crippen molar-refractivity contribution in [2.45, 2.75) is 162 Å². The van der Waals surface area contributed by atoms with Crippen LogP contribution >= 0.6 is 31.9 Å². The SMILES string of the molecule is C=C(C)c1cc(N)cc(C(F)(F)F)c1.CC(C)c1cc(Br)cc(C(F)(F)F)c1.CC(C)c1cc(CC(=O)O)cc(C(F)(F)F)c1.CC(C)c1cc(CC(=O)OC(C)(C)C)cc(C(F)(F)F)c1.CC(C)c1cc(N)cc(C(F)(F)F)c1.Nc1cc(Br)cc(C(F)(F)F)c1. The molecule has 6 aromatic rings. The van der Waals surface area contributed by atoms with Gasteiger partial charge in [0, 0.05) is 26.0 Å². The molecule has 0 heterocycles. The van der Waals surface area contributed by atoms with E-state index in [1.807, 2.05) is 41.5 Å². The molecule has 0 saturated heterocycles. The summed E-state index contributed by atoms with van der Waals surface area (Å²) in [4.78, 5) is 22.3. The number of hydrogen-bond donors (Lipinski definition) is 4. The number of carbonyl (C=O) groups excluding carboxylic acids is 1. The van der Waals surface area contributed by atoms with E-state index in [-0.39, 0.29) is 52.7 Å². The highest BCUT2D eigenvalue weighted by Gasteiger charge is 2.36. The number of anilines is 3. The van der Waals surface area contributed by atoms with Crippen molar-refractivity contribution in [3.8, 4) is 0 Å². The van der Waals surface area contributed by atoms with Crippen LogP contribution in [0.2, 0.25) is 0 Å². The summed E-state index contributed by atoms with van der Waals surface area (Å²) in [7, 11) is 0. The first kappa shape index (κ1) is 83.1. The highest BCUT2D eigenvalue weighted by molar-refractivity contribution is 9.10. The molecule has 0 amide bonds. The number of hydrogen-bond acceptors (Lipinski definition) is 6. The number of aliphatic carboxylic acids is 1. The van der Waals surface area contributed by atoms with Crippen LogP contribution in [-0.2, 0) is 64.2 Å². The number of benzene rings is 6. The van der Waals surface area contributed by atoms with Crippen molar-refractivity contribution in [3.05, 3.63) is 197 Å². The molecule has 0 unspecified atom stereocenters. The molecule has 510 valence electrons. The highest BCUT2D eigenvalue weighted by Crippen LogP contribution is 2.38. The maximum Gasteiger partial charge on any atom is 0.416 e. The van der Waals surface area contributed by atoms with E-state index in [2.05, 4.69) is 38.4 Å². The standard InChI is InChI=1S/C16H21F3O2.C12H13F3O2.C10H10BrF3.C10H12F3N.C10H10F3N.C7H5BrF3N/c1-10(2)12-6-11(7-13(9-12)16(17,18)19)8-14(20)21-15(3,4)5;1-7(2)9-3-8(5-11(16)17)4-10(6-9)12(13,14)15;1-6(2)7-3-8(10(12,13)14)5-9(11)4-7;2*1-6(2)7-3-8(10(11,12)13)5-9(14)4-7;8-5-1-4(7(9,10)11)2-6(12)3-5/h6-7,9-10H,8H2,1-5H3;3-4,6-7H,5H2,1-2H3,(H,16,17);3-6H,1-2H3;3-6H,14H2,1-2H3;3-5H,1,14H2,2H3;1-3H,12H2. The number of nitrogens with two attached hydrogens (primary N) is 3. The molecule has 0 spiro atoms. The average molecular weight is 1460 g/mol. The third kappa shape index (κ3) is 31.1. The second-order valence-corrected chi connectivity index (χ2v) is 24.8. The Morgan fingerprint density at radius 2 is 0.685 bits per heavy atom. The van der Waals surface area contributed by atoms with Crippen LogP contribution in [0.1, 0.15) is 179 Å². The van der Waals surface area contributed by atoms with Gasteiger partial charge in [-0.3, -0.25) is 9.59 Å². The van der Waals surface area contributed by atoms with Gasteiger partial charge in [0.15, 0.2) is 0 Å². The number of carboxylic acids is 1. The molecule has 27 heteroatoms. The Morgan fingerprint density at radius 1 is 0.413 bits per heavy atom. The summed E-state index contributed by atoms with van der Waals surface area (Å²) in [5.41, 5.74) is 15.2. The van der Waals surface area contributed by atoms with Crippen LogP contribution in [0.25, 0.3) is 5.57 Å². The van der Waals surface area contributed by atoms with E-state index in [1.165, 1.54) is 24.3 Å². The second kappa shape index (κ2) is 33.8. The number of halogens is 20. The van der Waals surface area contributed by atoms with Gasteiger partial charge in [-0.15, -0.1) is 0 Å². The molecule has 92 heavy (non-hydrogen) atoms. The molecular weight excluding hydrogens is 1390 g/mol. The van der Waals surface area contributed by atoms with E-state index >= 15 is 0 Å². The average Bonchev–Trinajstić information content (AvgIpc) is 0.894. The summed E-state index contributed by atoms with van der Waals surface area (Å²) in [6.07, 6.45) is -26.7. The molecule has 0 fully saturated rings. The first-order valence-corrected chi connectivity index (χ1v) is 29.0. The van der Waals surface area contributed by atoms with Crippen molar-refractivity contribution in [2.75, 3.05) is 17.2 Å². The van der Waals surface area contributed by atoms with Crippen LogP contribution in [0.15, 0.2) is 125 Å². The minimum absolute atomic E-state index is 0.0413. The van der Waals surface area contributed by atoms with Crippen LogP contribution < -0.4 is 17.2 Å². The van der Waals surface area contributed by atoms with Gasteiger partial charge in [-0.25, -0.2) is 0 Å². The number of allylic oxidation sites excluding steroid dienone is 1. The van der Waals surface area contributed by atoms with Gasteiger partial charge in [0.1, 0.15) is 5.60 Å². The summed E-state index contributed by atoms with van der Waals surface area (Å²) in [6, 6.07) is 21.6. The van der Waals surface area contributed by atoms with E-state index in [1.54, 1.807) is 59.7 Å². The molecule has 0 atom stereocenters. The third-order valence-corrected chi connectivity index (χ3v) is 13.0. The predicted octanol–water partition coefficient (Wildman–Crippen LogP) is 22.5. The van der Waals surface area contributed by atoms with Gasteiger partial charge in [0.05, 0.1) is 46.2 Å². The number of carboxylic acid groups (broad SMARTS) is 1. The Hall–Kier alpha value is -6.90. The van der Waals surface area contributed by atoms with Crippen LogP contribution in [0.4, 0.5) is 96.1 Å². The van der Waals surface area contributed by atoms with Crippen molar-refractivity contribution in [1.29, 1.82) is 0 Å². The number of nitrogen functional groups attached to an aromatic ring is 3. The van der Waals surface area contributed by atoms with Crippen molar-refractivity contribution in [1.82, 2.24) is 0 Å². The number of esters is 1. The minimum Gasteiger partial charge on any atom is -0.481 e. The molecule has 7 nitrogen and oxygen atoms in total. The van der Waals surface area contributed by atoms with Crippen molar-refractivity contribution < 1.29 is 98.5 Å². The van der Waals surface area contributed by atoms with E-state index in [0.29, 0.717) is 47.9 Å².